The molecule has 1 aliphatic carbocycles. The van der Waals surface area contributed by atoms with Crippen molar-refractivity contribution in [3.05, 3.63) is 72.3 Å². The van der Waals surface area contributed by atoms with E-state index in [1.807, 2.05) is 36.4 Å². The predicted octanol–water partition coefficient (Wildman–Crippen LogP) is 3.17. The first-order valence-electron chi connectivity index (χ1n) is 11.3. The van der Waals surface area contributed by atoms with Crippen LogP contribution in [-0.4, -0.2) is 65.9 Å². The summed E-state index contributed by atoms with van der Waals surface area (Å²) in [6, 6.07) is 13.9. The molecule has 1 saturated heterocycles. The van der Waals surface area contributed by atoms with Gasteiger partial charge in [0.1, 0.15) is 12.6 Å². The number of hydrogen-bond donors (Lipinski definition) is 2. The summed E-state index contributed by atoms with van der Waals surface area (Å²) in [6.45, 7) is 5.73. The van der Waals surface area contributed by atoms with E-state index >= 15 is 0 Å². The normalized spacial score (nSPS) is 20.1. The van der Waals surface area contributed by atoms with Crippen molar-refractivity contribution in [2.24, 2.45) is 0 Å². The molecule has 1 fully saturated rings. The lowest BCUT2D eigenvalue weighted by Gasteiger charge is -2.38. The minimum absolute atomic E-state index is 0.108. The number of carbonyl (C=O) groups excluding carboxylic acids is 2. The van der Waals surface area contributed by atoms with Crippen LogP contribution < -0.4 is 5.32 Å². The van der Waals surface area contributed by atoms with Gasteiger partial charge in [0.05, 0.1) is 12.7 Å². The number of benzene rings is 2. The Bertz CT molecular complexity index is 1050. The van der Waals surface area contributed by atoms with Crippen molar-refractivity contribution in [2.75, 3.05) is 19.8 Å². The molecular weight excluding hydrogens is 436 g/mol. The van der Waals surface area contributed by atoms with E-state index in [1.54, 1.807) is 6.92 Å². The zero-order valence-electron chi connectivity index (χ0n) is 19.0. The second-order valence-corrected chi connectivity index (χ2v) is 8.44. The molecule has 3 unspecified atom stereocenters. The third kappa shape index (κ3) is 4.54. The molecular formula is C26H28N2O6. The number of carboxylic acid groups (broad SMARTS) is 1. The van der Waals surface area contributed by atoms with E-state index in [0.717, 1.165) is 22.3 Å². The summed E-state index contributed by atoms with van der Waals surface area (Å²) in [7, 11) is 0. The maximum atomic E-state index is 13.2. The topological polar surface area (TPSA) is 105 Å². The van der Waals surface area contributed by atoms with Crippen LogP contribution in [0.2, 0.25) is 0 Å². The second kappa shape index (κ2) is 10.1. The summed E-state index contributed by atoms with van der Waals surface area (Å²) in [4.78, 5) is 38.8. The zero-order chi connectivity index (χ0) is 24.2. The molecule has 2 N–H and O–H groups in total. The molecule has 2 amide bonds. The van der Waals surface area contributed by atoms with E-state index in [9.17, 15) is 19.5 Å². The van der Waals surface area contributed by atoms with Crippen molar-refractivity contribution in [1.29, 1.82) is 0 Å². The highest BCUT2D eigenvalue weighted by Gasteiger charge is 2.40. The van der Waals surface area contributed by atoms with Gasteiger partial charge in [0.2, 0.25) is 5.91 Å². The quantitative estimate of drug-likeness (QED) is 0.610. The van der Waals surface area contributed by atoms with E-state index < -0.39 is 36.2 Å². The molecule has 178 valence electrons. The van der Waals surface area contributed by atoms with E-state index in [-0.39, 0.29) is 32.1 Å². The molecule has 0 spiro atoms. The molecule has 1 aliphatic heterocycles. The summed E-state index contributed by atoms with van der Waals surface area (Å²) in [5.41, 5.74) is 4.41. The number of nitrogens with zero attached hydrogens (tertiary/aromatic N) is 1. The van der Waals surface area contributed by atoms with Crippen molar-refractivity contribution >= 4 is 18.0 Å². The summed E-state index contributed by atoms with van der Waals surface area (Å²) >= 11 is 0. The van der Waals surface area contributed by atoms with Crippen LogP contribution in [0.25, 0.3) is 11.1 Å². The van der Waals surface area contributed by atoms with Crippen LogP contribution >= 0.6 is 0 Å². The van der Waals surface area contributed by atoms with E-state index in [0.29, 0.717) is 0 Å². The maximum Gasteiger partial charge on any atom is 0.407 e. The lowest BCUT2D eigenvalue weighted by Crippen LogP contribution is -2.60. The molecule has 2 aromatic carbocycles. The maximum absolute atomic E-state index is 13.2. The van der Waals surface area contributed by atoms with Crippen molar-refractivity contribution < 1.29 is 29.0 Å². The summed E-state index contributed by atoms with van der Waals surface area (Å²) in [5, 5.41) is 12.2. The average molecular weight is 465 g/mol. The third-order valence-corrected chi connectivity index (χ3v) is 6.37. The molecule has 2 aliphatic rings. The summed E-state index contributed by atoms with van der Waals surface area (Å²) < 4.78 is 11.0. The molecule has 0 radical (unpaired) electrons. The van der Waals surface area contributed by atoms with Crippen LogP contribution in [0.5, 0.6) is 0 Å². The highest BCUT2D eigenvalue weighted by molar-refractivity contribution is 5.90. The van der Waals surface area contributed by atoms with Crippen molar-refractivity contribution in [1.82, 2.24) is 10.2 Å². The van der Waals surface area contributed by atoms with Crippen LogP contribution in [0.4, 0.5) is 4.79 Å². The third-order valence-electron chi connectivity index (χ3n) is 6.37. The smallest absolute Gasteiger partial charge is 0.407 e. The highest BCUT2D eigenvalue weighted by atomic mass is 16.5. The van der Waals surface area contributed by atoms with Crippen molar-refractivity contribution in [3.8, 4) is 11.1 Å². The van der Waals surface area contributed by atoms with Gasteiger partial charge in [-0.2, -0.15) is 0 Å². The largest absolute Gasteiger partial charge is 0.480 e. The van der Waals surface area contributed by atoms with Gasteiger partial charge < -0.3 is 24.8 Å². The van der Waals surface area contributed by atoms with Crippen LogP contribution in [0.15, 0.2) is 61.2 Å². The molecule has 8 nitrogen and oxygen atoms in total. The molecule has 0 bridgehead atoms. The predicted molar refractivity (Wildman–Crippen MR) is 125 cm³/mol. The van der Waals surface area contributed by atoms with Crippen LogP contribution in [-0.2, 0) is 19.1 Å². The second-order valence-electron chi connectivity index (χ2n) is 8.44. The monoisotopic (exact) mass is 464 g/mol. The number of carbonyl (C=O) groups is 3. The lowest BCUT2D eigenvalue weighted by atomic mass is 9.98. The van der Waals surface area contributed by atoms with Gasteiger partial charge in [0, 0.05) is 12.5 Å². The Labute approximate surface area is 198 Å². The van der Waals surface area contributed by atoms with Gasteiger partial charge >= 0.3 is 12.1 Å². The van der Waals surface area contributed by atoms with Crippen LogP contribution in [0, 0.1) is 0 Å². The highest BCUT2D eigenvalue weighted by Crippen LogP contribution is 2.44. The zero-order valence-corrected chi connectivity index (χ0v) is 19.0. The summed E-state index contributed by atoms with van der Waals surface area (Å²) in [5.74, 6) is -1.77. The number of carboxylic acids is 1. The van der Waals surface area contributed by atoms with E-state index in [2.05, 4.69) is 24.0 Å². The van der Waals surface area contributed by atoms with Gasteiger partial charge in [-0.3, -0.25) is 4.79 Å². The number of aliphatic carboxylic acids is 1. The molecule has 4 rings (SSSR count). The van der Waals surface area contributed by atoms with E-state index in [1.165, 1.54) is 11.0 Å². The summed E-state index contributed by atoms with van der Waals surface area (Å²) in [6.07, 6.45) is 0.247. The van der Waals surface area contributed by atoms with Gasteiger partial charge in [-0.15, -0.1) is 6.58 Å². The van der Waals surface area contributed by atoms with E-state index in [4.69, 9.17) is 9.47 Å². The van der Waals surface area contributed by atoms with Gasteiger partial charge in [0.15, 0.2) is 6.04 Å². The Kier molecular flexibility index (Phi) is 6.98. The minimum atomic E-state index is -1.15. The molecule has 0 aromatic heterocycles. The first kappa shape index (κ1) is 23.5. The van der Waals surface area contributed by atoms with Gasteiger partial charge in [0.25, 0.3) is 0 Å². The number of rotatable bonds is 7. The van der Waals surface area contributed by atoms with Gasteiger partial charge in [-0.25, -0.2) is 9.59 Å². The van der Waals surface area contributed by atoms with Crippen molar-refractivity contribution in [3.63, 3.8) is 0 Å². The molecule has 8 heteroatoms. The number of amides is 2. The van der Waals surface area contributed by atoms with Gasteiger partial charge in [-0.05, 0) is 35.6 Å². The Morgan fingerprint density at radius 1 is 1.18 bits per heavy atom. The lowest BCUT2D eigenvalue weighted by molar-refractivity contribution is -0.165. The fourth-order valence-corrected chi connectivity index (χ4v) is 4.77. The number of hydrogen-bond acceptors (Lipinski definition) is 5. The Morgan fingerprint density at radius 2 is 1.79 bits per heavy atom. The van der Waals surface area contributed by atoms with Crippen LogP contribution in [0.3, 0.4) is 0 Å². The molecule has 0 saturated carbocycles. The Morgan fingerprint density at radius 3 is 2.38 bits per heavy atom. The Hall–Kier alpha value is -3.65. The molecule has 2 aromatic rings. The number of alkyl carbamates (subject to hydrolysis) is 1. The fraction of sp³-hybridized carbons (Fsp3) is 0.346. The fourth-order valence-electron chi connectivity index (χ4n) is 4.77. The SMILES string of the molecule is C=CCC(NC(=O)OCC1c2ccccc2-c2ccccc21)C(=O)N1CCOC(C)C1C(=O)O. The van der Waals surface area contributed by atoms with Crippen molar-refractivity contribution in [2.45, 2.75) is 37.5 Å². The standard InChI is InChI=1S/C26H28N2O6/c1-3-8-22(24(29)28-13-14-33-16(2)23(28)25(30)31)27-26(32)34-15-21-19-11-6-4-9-17(19)18-10-5-7-12-20(18)21/h3-7,9-12,16,21-23H,1,8,13-15H2,2H3,(H,27,32)(H,30,31). The number of fused-ring (bicyclic) bond motifs is 3. The molecule has 3 atom stereocenters. The average Bonchev–Trinajstić information content (AvgIpc) is 3.15. The number of nitrogens with one attached hydrogen (secondary N) is 1. The first-order valence-corrected chi connectivity index (χ1v) is 11.3. The van der Waals surface area contributed by atoms with Gasteiger partial charge in [-0.1, -0.05) is 54.6 Å². The number of morpholine rings is 1. The minimum Gasteiger partial charge on any atom is -0.480 e. The first-order chi connectivity index (χ1) is 16.4. The number of ether oxygens (including phenoxy) is 2. The Balaban J connectivity index is 1.44. The molecule has 34 heavy (non-hydrogen) atoms. The molecule has 1 heterocycles. The van der Waals surface area contributed by atoms with Crippen LogP contribution in [0.1, 0.15) is 30.4 Å².